The number of nitrogens with two attached hydrogens (primary N) is 1. The lowest BCUT2D eigenvalue weighted by molar-refractivity contribution is -0.137. The Morgan fingerprint density at radius 3 is 2.22 bits per heavy atom. The maximum absolute atomic E-state index is 12.2. The van der Waals surface area contributed by atoms with E-state index >= 15 is 0 Å². The third-order valence-corrected chi connectivity index (χ3v) is 1.85. The molecule has 0 spiro atoms. The van der Waals surface area contributed by atoms with Gasteiger partial charge in [-0.2, -0.15) is 13.2 Å². The van der Waals surface area contributed by atoms with Crippen molar-refractivity contribution < 1.29 is 27.6 Å². The number of hydrogen-bond acceptors (Lipinski definition) is 3. The molecule has 5 nitrogen and oxygen atoms in total. The van der Waals surface area contributed by atoms with Crippen LogP contribution >= 0.6 is 0 Å². The van der Waals surface area contributed by atoms with E-state index in [2.05, 4.69) is 4.84 Å². The molecule has 1 aromatic rings. The molecule has 0 heterocycles. The van der Waals surface area contributed by atoms with Crippen LogP contribution in [0.2, 0.25) is 0 Å². The number of rotatable bonds is 4. The van der Waals surface area contributed by atoms with Gasteiger partial charge >= 0.3 is 6.18 Å². The predicted octanol–water partition coefficient (Wildman–Crippen LogP) is 0.852. The molecule has 0 saturated carbocycles. The zero-order chi connectivity index (χ0) is 13.8. The van der Waals surface area contributed by atoms with Gasteiger partial charge in [-0.3, -0.25) is 14.4 Å². The fourth-order valence-corrected chi connectivity index (χ4v) is 1.04. The van der Waals surface area contributed by atoms with Gasteiger partial charge in [0.2, 0.25) is 5.91 Å². The van der Waals surface area contributed by atoms with E-state index in [1.807, 2.05) is 5.48 Å². The Morgan fingerprint density at radius 2 is 1.78 bits per heavy atom. The van der Waals surface area contributed by atoms with Crippen molar-refractivity contribution in [3.63, 3.8) is 0 Å². The molecule has 3 N–H and O–H groups in total. The van der Waals surface area contributed by atoms with Crippen LogP contribution in [0.4, 0.5) is 13.2 Å². The average molecular weight is 262 g/mol. The van der Waals surface area contributed by atoms with Crippen LogP contribution in [0, 0.1) is 0 Å². The Bertz CT molecular complexity index is 443. The first-order valence-electron chi connectivity index (χ1n) is 4.68. The van der Waals surface area contributed by atoms with Crippen LogP contribution in [0.1, 0.15) is 15.9 Å². The molecule has 0 aliphatic rings. The number of halogens is 3. The molecule has 1 aromatic carbocycles. The summed E-state index contributed by atoms with van der Waals surface area (Å²) < 4.78 is 36.7. The van der Waals surface area contributed by atoms with E-state index in [4.69, 9.17) is 5.73 Å². The van der Waals surface area contributed by atoms with Crippen LogP contribution in [-0.4, -0.2) is 18.4 Å². The minimum atomic E-state index is -4.46. The van der Waals surface area contributed by atoms with E-state index in [1.165, 1.54) is 0 Å². The summed E-state index contributed by atoms with van der Waals surface area (Å²) >= 11 is 0. The molecule has 2 amide bonds. The molecular weight excluding hydrogens is 253 g/mol. The number of benzene rings is 1. The Labute approximate surface area is 99.7 Å². The molecule has 0 aliphatic carbocycles. The molecule has 0 saturated heterocycles. The zero-order valence-electron chi connectivity index (χ0n) is 8.95. The zero-order valence-corrected chi connectivity index (χ0v) is 8.95. The largest absolute Gasteiger partial charge is 0.416 e. The van der Waals surface area contributed by atoms with Gasteiger partial charge in [-0.1, -0.05) is 0 Å². The van der Waals surface area contributed by atoms with E-state index in [9.17, 15) is 22.8 Å². The third kappa shape index (κ3) is 4.06. The molecule has 0 fully saturated rings. The van der Waals surface area contributed by atoms with Crippen molar-refractivity contribution >= 4 is 11.8 Å². The summed E-state index contributed by atoms with van der Waals surface area (Å²) in [4.78, 5) is 26.0. The molecular formula is C10H9F3N2O3. The van der Waals surface area contributed by atoms with Crippen molar-refractivity contribution in [1.82, 2.24) is 5.48 Å². The molecule has 0 aromatic heterocycles. The number of hydrogen-bond donors (Lipinski definition) is 2. The highest BCUT2D eigenvalue weighted by atomic mass is 19.4. The number of hydroxylamine groups is 1. The lowest BCUT2D eigenvalue weighted by Crippen LogP contribution is -2.29. The Hall–Kier alpha value is -2.09. The van der Waals surface area contributed by atoms with Crippen molar-refractivity contribution in [2.45, 2.75) is 6.18 Å². The molecule has 0 atom stereocenters. The normalized spacial score (nSPS) is 11.1. The summed E-state index contributed by atoms with van der Waals surface area (Å²) in [6.07, 6.45) is -4.46. The van der Waals surface area contributed by atoms with Crippen LogP contribution in [0.15, 0.2) is 24.3 Å². The average Bonchev–Trinajstić information content (AvgIpc) is 2.27. The van der Waals surface area contributed by atoms with Crippen LogP contribution in [0.5, 0.6) is 0 Å². The van der Waals surface area contributed by atoms with Crippen LogP contribution in [-0.2, 0) is 15.8 Å². The highest BCUT2D eigenvalue weighted by Crippen LogP contribution is 2.28. The van der Waals surface area contributed by atoms with Gasteiger partial charge in [0.1, 0.15) is 0 Å². The first-order valence-corrected chi connectivity index (χ1v) is 4.68. The smallest absolute Gasteiger partial charge is 0.368 e. The molecule has 18 heavy (non-hydrogen) atoms. The molecule has 0 radical (unpaired) electrons. The van der Waals surface area contributed by atoms with Gasteiger partial charge in [0.15, 0.2) is 6.61 Å². The van der Waals surface area contributed by atoms with Gasteiger partial charge in [0.05, 0.1) is 5.56 Å². The quantitative estimate of drug-likeness (QED) is 0.789. The van der Waals surface area contributed by atoms with Crippen molar-refractivity contribution in [1.29, 1.82) is 0 Å². The Kier molecular flexibility index (Phi) is 4.27. The van der Waals surface area contributed by atoms with E-state index in [0.29, 0.717) is 0 Å². The van der Waals surface area contributed by atoms with Crippen molar-refractivity contribution in [3.8, 4) is 0 Å². The fraction of sp³-hybridized carbons (Fsp3) is 0.200. The molecule has 0 unspecified atom stereocenters. The molecule has 98 valence electrons. The number of carbonyl (C=O) groups is 2. The fourth-order valence-electron chi connectivity index (χ4n) is 1.04. The van der Waals surface area contributed by atoms with E-state index in [1.54, 1.807) is 0 Å². The maximum Gasteiger partial charge on any atom is 0.416 e. The van der Waals surface area contributed by atoms with Gasteiger partial charge in [0, 0.05) is 5.56 Å². The van der Waals surface area contributed by atoms with Gasteiger partial charge in [0.25, 0.3) is 5.91 Å². The monoisotopic (exact) mass is 262 g/mol. The van der Waals surface area contributed by atoms with Crippen molar-refractivity contribution in [2.75, 3.05) is 6.61 Å². The minimum Gasteiger partial charge on any atom is -0.368 e. The standard InChI is InChI=1S/C10H9F3N2O3/c11-10(12,13)7-3-1-6(2-4-7)9(17)15-18-5-8(14)16/h1-4H,5H2,(H2,14,16)(H,15,17). The number of alkyl halides is 3. The Balaban J connectivity index is 2.62. The first-order chi connectivity index (χ1) is 8.30. The summed E-state index contributed by atoms with van der Waals surface area (Å²) in [5.74, 6) is -1.56. The van der Waals surface area contributed by atoms with E-state index in [-0.39, 0.29) is 5.56 Å². The maximum atomic E-state index is 12.2. The molecule has 8 heteroatoms. The van der Waals surface area contributed by atoms with E-state index < -0.39 is 30.2 Å². The summed E-state index contributed by atoms with van der Waals surface area (Å²) in [5.41, 5.74) is 5.71. The summed E-state index contributed by atoms with van der Waals surface area (Å²) in [7, 11) is 0. The summed E-state index contributed by atoms with van der Waals surface area (Å²) in [6, 6.07) is 3.52. The highest BCUT2D eigenvalue weighted by Gasteiger charge is 2.30. The number of nitrogens with one attached hydrogen (secondary N) is 1. The topological polar surface area (TPSA) is 81.4 Å². The van der Waals surface area contributed by atoms with Gasteiger partial charge in [-0.25, -0.2) is 5.48 Å². The predicted molar refractivity (Wildman–Crippen MR) is 54.1 cm³/mol. The van der Waals surface area contributed by atoms with Crippen molar-refractivity contribution in [2.24, 2.45) is 5.73 Å². The second-order valence-corrected chi connectivity index (χ2v) is 3.26. The SMILES string of the molecule is NC(=O)CONC(=O)c1ccc(C(F)(F)F)cc1. The first kappa shape index (κ1) is 14.0. The number of primary amides is 1. The third-order valence-electron chi connectivity index (χ3n) is 1.85. The highest BCUT2D eigenvalue weighted by molar-refractivity contribution is 5.93. The number of carbonyl (C=O) groups excluding carboxylic acids is 2. The summed E-state index contributed by atoms with van der Waals surface area (Å²) in [6.45, 7) is -0.521. The van der Waals surface area contributed by atoms with Crippen molar-refractivity contribution in [3.05, 3.63) is 35.4 Å². The molecule has 0 aliphatic heterocycles. The number of amides is 2. The second-order valence-electron chi connectivity index (χ2n) is 3.26. The lowest BCUT2D eigenvalue weighted by Gasteiger charge is -2.07. The van der Waals surface area contributed by atoms with Gasteiger partial charge < -0.3 is 5.73 Å². The van der Waals surface area contributed by atoms with E-state index in [0.717, 1.165) is 24.3 Å². The molecule has 1 rings (SSSR count). The van der Waals surface area contributed by atoms with Crippen LogP contribution in [0.3, 0.4) is 0 Å². The summed E-state index contributed by atoms with van der Waals surface area (Å²) in [5, 5.41) is 0. The lowest BCUT2D eigenvalue weighted by atomic mass is 10.1. The molecule has 0 bridgehead atoms. The van der Waals surface area contributed by atoms with Crippen LogP contribution in [0.25, 0.3) is 0 Å². The second kappa shape index (κ2) is 5.50. The minimum absolute atomic E-state index is 0.0347. The Morgan fingerprint density at radius 1 is 1.22 bits per heavy atom. The van der Waals surface area contributed by atoms with Gasteiger partial charge in [-0.15, -0.1) is 0 Å². The van der Waals surface area contributed by atoms with Crippen LogP contribution < -0.4 is 11.2 Å². The van der Waals surface area contributed by atoms with Gasteiger partial charge in [-0.05, 0) is 24.3 Å².